The number of carbonyl (C=O) groups excluding carboxylic acids is 1. The number of aryl methyl sites for hydroxylation is 3. The number of alkyl halides is 1. The summed E-state index contributed by atoms with van der Waals surface area (Å²) in [4.78, 5) is 12.0. The van der Waals surface area contributed by atoms with E-state index in [0.29, 0.717) is 23.9 Å². The molecule has 106 valence electrons. The molecule has 0 spiro atoms. The lowest BCUT2D eigenvalue weighted by atomic mass is 10.1. The molecule has 4 heteroatoms. The van der Waals surface area contributed by atoms with Crippen molar-refractivity contribution in [3.63, 3.8) is 0 Å². The van der Waals surface area contributed by atoms with Crippen molar-refractivity contribution in [1.29, 1.82) is 0 Å². The van der Waals surface area contributed by atoms with Crippen molar-refractivity contribution in [2.75, 3.05) is 0 Å². The van der Waals surface area contributed by atoms with Crippen molar-refractivity contribution in [3.05, 3.63) is 58.0 Å². The second-order valence-electron chi connectivity index (χ2n) is 4.93. The van der Waals surface area contributed by atoms with Gasteiger partial charge in [0, 0.05) is 12.1 Å². The minimum absolute atomic E-state index is 0.220. The molecule has 0 fully saturated rings. The van der Waals surface area contributed by atoms with Gasteiger partial charge in [-0.3, -0.25) is 4.79 Å². The zero-order valence-electron chi connectivity index (χ0n) is 11.9. The fourth-order valence-corrected chi connectivity index (χ4v) is 2.21. The van der Waals surface area contributed by atoms with Gasteiger partial charge in [0.15, 0.2) is 5.76 Å². The van der Waals surface area contributed by atoms with Gasteiger partial charge >= 0.3 is 0 Å². The molecule has 1 heterocycles. The van der Waals surface area contributed by atoms with Crippen LogP contribution in [0.25, 0.3) is 0 Å². The van der Waals surface area contributed by atoms with E-state index in [1.54, 1.807) is 13.0 Å². The highest BCUT2D eigenvalue weighted by Gasteiger charge is 2.13. The Balaban J connectivity index is 2.02. The highest BCUT2D eigenvalue weighted by atomic mass is 35.5. The van der Waals surface area contributed by atoms with Crippen molar-refractivity contribution >= 4 is 17.5 Å². The SMILES string of the molecule is Cc1ccc(CNC(=O)c2cc(CCl)c(C)o2)cc1C. The Morgan fingerprint density at radius 2 is 1.95 bits per heavy atom. The number of rotatable bonds is 4. The van der Waals surface area contributed by atoms with Crippen molar-refractivity contribution < 1.29 is 9.21 Å². The first kappa shape index (κ1) is 14.7. The number of hydrogen-bond acceptors (Lipinski definition) is 2. The molecule has 0 atom stereocenters. The number of benzene rings is 1. The average Bonchev–Trinajstić information content (AvgIpc) is 2.81. The monoisotopic (exact) mass is 291 g/mol. The number of nitrogens with one attached hydrogen (secondary N) is 1. The van der Waals surface area contributed by atoms with E-state index in [1.807, 2.05) is 6.07 Å². The molecule has 0 radical (unpaired) electrons. The average molecular weight is 292 g/mol. The van der Waals surface area contributed by atoms with Crippen LogP contribution in [0.4, 0.5) is 0 Å². The van der Waals surface area contributed by atoms with E-state index in [2.05, 4.69) is 31.3 Å². The number of furan rings is 1. The Morgan fingerprint density at radius 3 is 2.55 bits per heavy atom. The first-order valence-corrected chi connectivity index (χ1v) is 7.04. The summed E-state index contributed by atoms with van der Waals surface area (Å²) in [6.07, 6.45) is 0. The van der Waals surface area contributed by atoms with E-state index in [9.17, 15) is 4.79 Å². The predicted molar refractivity (Wildman–Crippen MR) is 80.1 cm³/mol. The first-order valence-electron chi connectivity index (χ1n) is 6.51. The second kappa shape index (κ2) is 6.14. The van der Waals surface area contributed by atoms with Crippen molar-refractivity contribution in [3.8, 4) is 0 Å². The van der Waals surface area contributed by atoms with Crippen LogP contribution >= 0.6 is 11.6 Å². The summed E-state index contributed by atoms with van der Waals surface area (Å²) in [7, 11) is 0. The zero-order chi connectivity index (χ0) is 14.7. The number of carbonyl (C=O) groups is 1. The summed E-state index contributed by atoms with van der Waals surface area (Å²) in [6, 6.07) is 7.84. The summed E-state index contributed by atoms with van der Waals surface area (Å²) in [5, 5.41) is 2.85. The van der Waals surface area contributed by atoms with Gasteiger partial charge in [0.05, 0.1) is 5.88 Å². The molecule has 1 amide bonds. The molecule has 1 aromatic heterocycles. The van der Waals surface area contributed by atoms with Crippen LogP contribution in [0.1, 0.15) is 38.6 Å². The van der Waals surface area contributed by atoms with Crippen LogP contribution in [-0.4, -0.2) is 5.91 Å². The minimum atomic E-state index is -0.220. The van der Waals surface area contributed by atoms with Crippen LogP contribution in [0.2, 0.25) is 0 Å². The summed E-state index contributed by atoms with van der Waals surface area (Å²) in [5.41, 5.74) is 4.38. The molecule has 20 heavy (non-hydrogen) atoms. The molecule has 0 aliphatic carbocycles. The lowest BCUT2D eigenvalue weighted by Crippen LogP contribution is -2.22. The highest BCUT2D eigenvalue weighted by molar-refractivity contribution is 6.17. The second-order valence-corrected chi connectivity index (χ2v) is 5.19. The van der Waals surface area contributed by atoms with Crippen LogP contribution in [0.5, 0.6) is 0 Å². The topological polar surface area (TPSA) is 42.2 Å². The molecule has 0 aliphatic rings. The van der Waals surface area contributed by atoms with Gasteiger partial charge in [-0.15, -0.1) is 11.6 Å². The van der Waals surface area contributed by atoms with Crippen LogP contribution < -0.4 is 5.32 Å². The summed E-state index contributed by atoms with van der Waals surface area (Å²) >= 11 is 5.76. The third-order valence-corrected chi connectivity index (χ3v) is 3.70. The van der Waals surface area contributed by atoms with Gasteiger partial charge in [0.1, 0.15) is 5.76 Å². The third-order valence-electron chi connectivity index (χ3n) is 3.41. The fraction of sp³-hybridized carbons (Fsp3) is 0.312. The van der Waals surface area contributed by atoms with E-state index in [0.717, 1.165) is 11.1 Å². The molecule has 0 unspecified atom stereocenters. The first-order chi connectivity index (χ1) is 9.51. The normalized spacial score (nSPS) is 10.6. The van der Waals surface area contributed by atoms with Gasteiger partial charge in [-0.25, -0.2) is 0 Å². The molecule has 0 bridgehead atoms. The Labute approximate surface area is 123 Å². The molecular formula is C16H18ClNO2. The largest absolute Gasteiger partial charge is 0.456 e. The minimum Gasteiger partial charge on any atom is -0.456 e. The Bertz CT molecular complexity index is 631. The van der Waals surface area contributed by atoms with Gasteiger partial charge in [0.25, 0.3) is 5.91 Å². The standard InChI is InChI=1S/C16H18ClNO2/c1-10-4-5-13(6-11(10)2)9-18-16(19)15-7-14(8-17)12(3)20-15/h4-7H,8-9H2,1-3H3,(H,18,19). The third kappa shape index (κ3) is 3.23. The molecule has 2 rings (SSSR count). The van der Waals surface area contributed by atoms with Crippen molar-refractivity contribution in [1.82, 2.24) is 5.32 Å². The lowest BCUT2D eigenvalue weighted by Gasteiger charge is -2.06. The molecule has 0 saturated carbocycles. The maximum atomic E-state index is 12.0. The van der Waals surface area contributed by atoms with Gasteiger partial charge in [0.2, 0.25) is 0 Å². The molecule has 1 N–H and O–H groups in total. The number of amides is 1. The van der Waals surface area contributed by atoms with Gasteiger partial charge in [-0.05, 0) is 43.5 Å². The van der Waals surface area contributed by atoms with E-state index < -0.39 is 0 Å². The summed E-state index contributed by atoms with van der Waals surface area (Å²) in [5.74, 6) is 1.13. The van der Waals surface area contributed by atoms with Crippen molar-refractivity contribution in [2.45, 2.75) is 33.2 Å². The zero-order valence-corrected chi connectivity index (χ0v) is 12.7. The maximum absolute atomic E-state index is 12.0. The fourth-order valence-electron chi connectivity index (χ4n) is 1.95. The van der Waals surface area contributed by atoms with E-state index in [1.165, 1.54) is 11.1 Å². The van der Waals surface area contributed by atoms with Crippen LogP contribution in [0, 0.1) is 20.8 Å². The van der Waals surface area contributed by atoms with Gasteiger partial charge in [-0.1, -0.05) is 18.2 Å². The number of halogens is 1. The maximum Gasteiger partial charge on any atom is 0.287 e. The summed E-state index contributed by atoms with van der Waals surface area (Å²) < 4.78 is 5.40. The van der Waals surface area contributed by atoms with E-state index >= 15 is 0 Å². The van der Waals surface area contributed by atoms with E-state index in [-0.39, 0.29) is 5.91 Å². The van der Waals surface area contributed by atoms with E-state index in [4.69, 9.17) is 16.0 Å². The lowest BCUT2D eigenvalue weighted by molar-refractivity contribution is 0.0922. The predicted octanol–water partition coefficient (Wildman–Crippen LogP) is 3.87. The molecule has 2 aromatic rings. The van der Waals surface area contributed by atoms with Crippen LogP contribution in [0.15, 0.2) is 28.7 Å². The Morgan fingerprint density at radius 1 is 1.20 bits per heavy atom. The van der Waals surface area contributed by atoms with Crippen LogP contribution in [0.3, 0.4) is 0 Å². The smallest absolute Gasteiger partial charge is 0.287 e. The molecule has 1 aromatic carbocycles. The van der Waals surface area contributed by atoms with Gasteiger partial charge in [-0.2, -0.15) is 0 Å². The molecular weight excluding hydrogens is 274 g/mol. The Hall–Kier alpha value is -1.74. The highest BCUT2D eigenvalue weighted by Crippen LogP contribution is 2.16. The Kier molecular flexibility index (Phi) is 4.50. The van der Waals surface area contributed by atoms with Crippen LogP contribution in [-0.2, 0) is 12.4 Å². The van der Waals surface area contributed by atoms with Gasteiger partial charge < -0.3 is 9.73 Å². The summed E-state index contributed by atoms with van der Waals surface area (Å²) in [6.45, 7) is 6.41. The number of hydrogen-bond donors (Lipinski definition) is 1. The quantitative estimate of drug-likeness (QED) is 0.869. The molecule has 3 nitrogen and oxygen atoms in total. The molecule has 0 aliphatic heterocycles. The van der Waals surface area contributed by atoms with Crippen molar-refractivity contribution in [2.24, 2.45) is 0 Å². The molecule has 0 saturated heterocycles.